The minimum Gasteiger partial charge on any atom is -0.480 e. The Morgan fingerprint density at radius 1 is 0.600 bits per heavy atom. The molecule has 0 heterocycles. The molecule has 0 unspecified atom stereocenters. The van der Waals surface area contributed by atoms with Crippen LogP contribution in [-0.4, -0.2) is 93.0 Å². The van der Waals surface area contributed by atoms with Crippen molar-refractivity contribution in [2.75, 3.05) is 11.5 Å². The number of hydrogen-bond donors (Lipinski definition) is 6. The number of hydrogen-bond acceptors (Lipinski definition) is 10. The molecule has 0 aliphatic carbocycles. The van der Waals surface area contributed by atoms with Gasteiger partial charge in [0.2, 0.25) is 11.8 Å². The maximum atomic E-state index is 13.0. The quantitative estimate of drug-likeness (QED) is 0.0903. The van der Waals surface area contributed by atoms with Gasteiger partial charge in [0, 0.05) is 11.5 Å². The van der Waals surface area contributed by atoms with E-state index in [1.807, 2.05) is 27.7 Å². The van der Waals surface area contributed by atoms with Gasteiger partial charge in [-0.3, -0.25) is 9.59 Å². The molecule has 0 spiro atoms. The van der Waals surface area contributed by atoms with Crippen molar-refractivity contribution < 1.29 is 48.5 Å². The van der Waals surface area contributed by atoms with Gasteiger partial charge in [0.15, 0.2) is 0 Å². The second-order valence-electron chi connectivity index (χ2n) is 13.4. The van der Waals surface area contributed by atoms with Gasteiger partial charge >= 0.3 is 24.1 Å². The lowest BCUT2D eigenvalue weighted by Crippen LogP contribution is -2.53. The molecule has 4 atom stereocenters. The van der Waals surface area contributed by atoms with Crippen LogP contribution in [0.3, 0.4) is 0 Å². The van der Waals surface area contributed by atoms with Gasteiger partial charge in [0.25, 0.3) is 0 Å². The number of carbonyl (C=O) groups is 6. The van der Waals surface area contributed by atoms with Crippen molar-refractivity contribution in [3.05, 3.63) is 0 Å². The van der Waals surface area contributed by atoms with Crippen molar-refractivity contribution in [1.29, 1.82) is 0 Å². The van der Waals surface area contributed by atoms with E-state index in [1.165, 1.54) is 21.6 Å². The summed E-state index contributed by atoms with van der Waals surface area (Å²) in [4.78, 5) is 74.4. The third kappa shape index (κ3) is 20.7. The second-order valence-corrected chi connectivity index (χ2v) is 16.0. The van der Waals surface area contributed by atoms with Crippen LogP contribution < -0.4 is 21.3 Å². The molecule has 0 aromatic heterocycles. The molecule has 0 aliphatic rings. The molecule has 260 valence electrons. The summed E-state index contributed by atoms with van der Waals surface area (Å²) in [5.41, 5.74) is -1.66. The summed E-state index contributed by atoms with van der Waals surface area (Å²) >= 11 is 0. The zero-order valence-corrected chi connectivity index (χ0v) is 29.6. The average molecular weight is 681 g/mol. The zero-order valence-electron chi connectivity index (χ0n) is 28.0. The first kappa shape index (κ1) is 42.1. The van der Waals surface area contributed by atoms with Gasteiger partial charge in [-0.2, -0.15) is 0 Å². The van der Waals surface area contributed by atoms with Gasteiger partial charge in [-0.25, -0.2) is 19.2 Å². The fourth-order valence-corrected chi connectivity index (χ4v) is 5.88. The van der Waals surface area contributed by atoms with E-state index in [9.17, 15) is 39.0 Å². The SMILES string of the molecule is CC(C)C[C@H](NC(=O)[C@H](CCSSC[C@H](NC(=O)OC(C)(C)C)C(=O)N[C@@H](CC(C)C)C(=O)O)NC(=O)OC(C)(C)C)C(=O)O. The monoisotopic (exact) mass is 680 g/mol. The summed E-state index contributed by atoms with van der Waals surface area (Å²) in [6.07, 6.45) is -1.22. The van der Waals surface area contributed by atoms with E-state index >= 15 is 0 Å². The van der Waals surface area contributed by atoms with Crippen LogP contribution in [0, 0.1) is 11.8 Å². The minimum atomic E-state index is -1.20. The topological polar surface area (TPSA) is 209 Å². The van der Waals surface area contributed by atoms with E-state index in [4.69, 9.17) is 9.47 Å². The lowest BCUT2D eigenvalue weighted by atomic mass is 10.0. The number of aliphatic carboxylic acids is 2. The number of amides is 4. The molecular formula is C29H52N4O10S2. The molecule has 0 saturated heterocycles. The standard InChI is InChI=1S/C29H52N4O10S2/c1-16(2)13-19(24(36)37)30-22(34)18(32-26(40)42-28(5,6)7)11-12-44-45-15-21(33-27(41)43-29(8,9)10)23(35)31-20(25(38)39)14-17(3)4/h16-21H,11-15H2,1-10H3,(H,30,34)(H,31,35)(H,32,40)(H,33,41)(H,36,37)(H,38,39)/t18-,19-,20-,21-/m0/s1. The van der Waals surface area contributed by atoms with Crippen molar-refractivity contribution in [3.63, 3.8) is 0 Å². The van der Waals surface area contributed by atoms with Crippen LogP contribution in [0.5, 0.6) is 0 Å². The molecule has 4 amide bonds. The number of ether oxygens (including phenoxy) is 2. The molecular weight excluding hydrogens is 628 g/mol. The molecule has 0 saturated carbocycles. The fourth-order valence-electron chi connectivity index (χ4n) is 3.62. The van der Waals surface area contributed by atoms with E-state index in [0.717, 1.165) is 0 Å². The van der Waals surface area contributed by atoms with Crippen LogP contribution in [-0.2, 0) is 28.7 Å². The summed E-state index contributed by atoms with van der Waals surface area (Å²) < 4.78 is 10.5. The van der Waals surface area contributed by atoms with Crippen molar-refractivity contribution in [2.24, 2.45) is 11.8 Å². The highest BCUT2D eigenvalue weighted by Crippen LogP contribution is 2.24. The number of carbonyl (C=O) groups excluding carboxylic acids is 4. The largest absolute Gasteiger partial charge is 0.480 e. The van der Waals surface area contributed by atoms with Crippen LogP contribution in [0.2, 0.25) is 0 Å². The number of alkyl carbamates (subject to hydrolysis) is 2. The Balaban J connectivity index is 5.57. The highest BCUT2D eigenvalue weighted by atomic mass is 33.1. The number of carboxylic acid groups (broad SMARTS) is 2. The summed E-state index contributed by atoms with van der Waals surface area (Å²) in [5, 5.41) is 29.0. The molecule has 0 aromatic carbocycles. The smallest absolute Gasteiger partial charge is 0.408 e. The van der Waals surface area contributed by atoms with E-state index in [1.54, 1.807) is 41.5 Å². The first-order valence-corrected chi connectivity index (χ1v) is 17.3. The van der Waals surface area contributed by atoms with Crippen molar-refractivity contribution in [1.82, 2.24) is 21.3 Å². The Kier molecular flexibility index (Phi) is 18.3. The number of rotatable bonds is 18. The van der Waals surface area contributed by atoms with E-state index in [2.05, 4.69) is 21.3 Å². The number of nitrogens with one attached hydrogen (secondary N) is 4. The highest BCUT2D eigenvalue weighted by Gasteiger charge is 2.30. The number of carboxylic acids is 2. The molecule has 0 aliphatic heterocycles. The molecule has 0 rings (SSSR count). The Morgan fingerprint density at radius 3 is 1.33 bits per heavy atom. The van der Waals surface area contributed by atoms with Gasteiger partial charge in [-0.05, 0) is 72.6 Å². The second kappa shape index (κ2) is 19.6. The molecule has 0 radical (unpaired) electrons. The van der Waals surface area contributed by atoms with Crippen molar-refractivity contribution in [3.8, 4) is 0 Å². The molecule has 0 bridgehead atoms. The molecule has 6 N–H and O–H groups in total. The van der Waals surface area contributed by atoms with Gasteiger partial charge in [0.05, 0.1) is 0 Å². The predicted octanol–water partition coefficient (Wildman–Crippen LogP) is 3.78. The summed E-state index contributed by atoms with van der Waals surface area (Å²) in [7, 11) is 2.41. The van der Waals surface area contributed by atoms with Gasteiger partial charge < -0.3 is 41.0 Å². The van der Waals surface area contributed by atoms with Gasteiger partial charge in [-0.1, -0.05) is 49.3 Å². The maximum Gasteiger partial charge on any atom is 0.408 e. The fraction of sp³-hybridized carbons (Fsp3) is 0.793. The first-order chi connectivity index (χ1) is 20.5. The van der Waals surface area contributed by atoms with Crippen LogP contribution in [0.25, 0.3) is 0 Å². The Bertz CT molecular complexity index is 934. The third-order valence-corrected chi connectivity index (χ3v) is 7.91. The Morgan fingerprint density at radius 2 is 0.978 bits per heavy atom. The van der Waals surface area contributed by atoms with Crippen LogP contribution >= 0.6 is 21.6 Å². The van der Waals surface area contributed by atoms with Gasteiger partial charge in [-0.15, -0.1) is 0 Å². The zero-order chi connectivity index (χ0) is 35.1. The van der Waals surface area contributed by atoms with E-state index in [0.29, 0.717) is 0 Å². The van der Waals surface area contributed by atoms with Crippen molar-refractivity contribution in [2.45, 2.75) is 124 Å². The summed E-state index contributed by atoms with van der Waals surface area (Å²) in [6, 6.07) is -4.56. The highest BCUT2D eigenvalue weighted by molar-refractivity contribution is 8.76. The Labute approximate surface area is 274 Å². The first-order valence-electron chi connectivity index (χ1n) is 14.8. The van der Waals surface area contributed by atoms with E-state index < -0.39 is 71.3 Å². The van der Waals surface area contributed by atoms with Crippen LogP contribution in [0.4, 0.5) is 9.59 Å². The molecule has 45 heavy (non-hydrogen) atoms. The maximum absolute atomic E-state index is 13.0. The average Bonchev–Trinajstić information content (AvgIpc) is 2.83. The minimum absolute atomic E-state index is 0.00814. The van der Waals surface area contributed by atoms with Crippen LogP contribution in [0.1, 0.15) is 88.5 Å². The Hall–Kier alpha value is -2.88. The molecule has 14 nitrogen and oxygen atoms in total. The van der Waals surface area contributed by atoms with E-state index in [-0.39, 0.29) is 42.6 Å². The summed E-state index contributed by atoms with van der Waals surface area (Å²) in [6.45, 7) is 17.3. The summed E-state index contributed by atoms with van der Waals surface area (Å²) in [5.74, 6) is -3.50. The van der Waals surface area contributed by atoms with Crippen LogP contribution in [0.15, 0.2) is 0 Å². The van der Waals surface area contributed by atoms with Crippen molar-refractivity contribution >= 4 is 57.5 Å². The lowest BCUT2D eigenvalue weighted by Gasteiger charge is -2.25. The molecule has 0 fully saturated rings. The predicted molar refractivity (Wildman–Crippen MR) is 174 cm³/mol. The molecule has 16 heteroatoms. The molecule has 0 aromatic rings. The van der Waals surface area contributed by atoms with Gasteiger partial charge in [0.1, 0.15) is 35.4 Å². The lowest BCUT2D eigenvalue weighted by molar-refractivity contribution is -0.142. The third-order valence-electron chi connectivity index (χ3n) is 5.47. The normalized spacial score (nSPS) is 14.5.